The van der Waals surface area contributed by atoms with Crippen LogP contribution in [0.4, 0.5) is 5.69 Å². The molecule has 7 heteroatoms. The topological polar surface area (TPSA) is 74.6 Å². The van der Waals surface area contributed by atoms with Gasteiger partial charge in [-0.25, -0.2) is 0 Å². The van der Waals surface area contributed by atoms with E-state index in [9.17, 15) is 9.59 Å². The van der Waals surface area contributed by atoms with E-state index in [1.807, 2.05) is 36.2 Å². The molecule has 2 amide bonds. The molecule has 0 aliphatic rings. The van der Waals surface area contributed by atoms with Crippen molar-refractivity contribution in [1.82, 2.24) is 10.2 Å². The Morgan fingerprint density at radius 3 is 2.52 bits per heavy atom. The normalized spacial score (nSPS) is 10.7. The molecule has 3 aromatic rings. The number of nitrogens with zero attached hydrogens (tertiary/aromatic N) is 1. The van der Waals surface area contributed by atoms with Gasteiger partial charge in [-0.1, -0.05) is 35.9 Å². The van der Waals surface area contributed by atoms with E-state index >= 15 is 0 Å². The first-order chi connectivity index (χ1) is 14.0. The van der Waals surface area contributed by atoms with Gasteiger partial charge in [-0.3, -0.25) is 14.5 Å². The lowest BCUT2D eigenvalue weighted by Gasteiger charge is -2.17. The number of amides is 2. The molecule has 0 aliphatic carbocycles. The van der Waals surface area contributed by atoms with Crippen LogP contribution in [0.3, 0.4) is 0 Å². The fraction of sp³-hybridized carbons (Fsp3) is 0.182. The van der Waals surface area contributed by atoms with E-state index in [0.717, 1.165) is 5.56 Å². The molecular weight excluding hydrogens is 390 g/mol. The van der Waals surface area contributed by atoms with Crippen molar-refractivity contribution in [3.05, 3.63) is 88.8 Å². The summed E-state index contributed by atoms with van der Waals surface area (Å²) in [7, 11) is 1.86. The van der Waals surface area contributed by atoms with Gasteiger partial charge in [0.2, 0.25) is 5.91 Å². The van der Waals surface area contributed by atoms with Gasteiger partial charge in [0.1, 0.15) is 5.76 Å². The van der Waals surface area contributed by atoms with Gasteiger partial charge in [0, 0.05) is 11.6 Å². The molecule has 3 rings (SSSR count). The number of carbonyl (C=O) groups is 2. The second-order valence-electron chi connectivity index (χ2n) is 6.65. The third-order valence-corrected chi connectivity index (χ3v) is 4.48. The second-order valence-corrected chi connectivity index (χ2v) is 7.09. The van der Waals surface area contributed by atoms with E-state index in [0.29, 0.717) is 28.6 Å². The van der Waals surface area contributed by atoms with Crippen molar-refractivity contribution in [3.63, 3.8) is 0 Å². The third-order valence-electron chi connectivity index (χ3n) is 4.23. The van der Waals surface area contributed by atoms with E-state index in [1.54, 1.807) is 42.7 Å². The molecule has 0 saturated heterocycles. The van der Waals surface area contributed by atoms with Crippen molar-refractivity contribution in [2.24, 2.45) is 0 Å². The summed E-state index contributed by atoms with van der Waals surface area (Å²) in [6.45, 7) is 1.07. The summed E-state index contributed by atoms with van der Waals surface area (Å²) in [6.07, 6.45) is 1.55. The standard InChI is InChI=1S/C22H22ClN3O3/c1-26(14-16-8-10-17(23)11-9-16)15-21(27)25-20-7-3-2-6-19(20)22(28)24-13-18-5-4-12-29-18/h2-12H,13-15H2,1H3,(H,24,28)(H,25,27). The van der Waals surface area contributed by atoms with Crippen LogP contribution >= 0.6 is 11.6 Å². The van der Waals surface area contributed by atoms with Crippen molar-refractivity contribution >= 4 is 29.1 Å². The summed E-state index contributed by atoms with van der Waals surface area (Å²) in [5.74, 6) is 0.170. The Morgan fingerprint density at radius 2 is 1.79 bits per heavy atom. The molecule has 0 aliphatic heterocycles. The van der Waals surface area contributed by atoms with Crippen molar-refractivity contribution in [2.75, 3.05) is 18.9 Å². The summed E-state index contributed by atoms with van der Waals surface area (Å²) < 4.78 is 5.22. The van der Waals surface area contributed by atoms with Crippen molar-refractivity contribution in [1.29, 1.82) is 0 Å². The van der Waals surface area contributed by atoms with Crippen LogP contribution in [-0.4, -0.2) is 30.3 Å². The van der Waals surface area contributed by atoms with Gasteiger partial charge in [-0.2, -0.15) is 0 Å². The SMILES string of the molecule is CN(CC(=O)Nc1ccccc1C(=O)NCc1ccco1)Cc1ccc(Cl)cc1. The lowest BCUT2D eigenvalue weighted by molar-refractivity contribution is -0.117. The number of furan rings is 1. The molecule has 0 fully saturated rings. The van der Waals surface area contributed by atoms with Crippen molar-refractivity contribution in [3.8, 4) is 0 Å². The number of hydrogen-bond acceptors (Lipinski definition) is 4. The van der Waals surface area contributed by atoms with Crippen LogP contribution in [0.5, 0.6) is 0 Å². The molecule has 2 aromatic carbocycles. The van der Waals surface area contributed by atoms with Gasteiger partial charge in [0.25, 0.3) is 5.91 Å². The molecule has 2 N–H and O–H groups in total. The lowest BCUT2D eigenvalue weighted by atomic mass is 10.1. The first-order valence-electron chi connectivity index (χ1n) is 9.13. The van der Waals surface area contributed by atoms with Crippen LogP contribution < -0.4 is 10.6 Å². The second kappa shape index (κ2) is 9.91. The Balaban J connectivity index is 1.57. The maximum atomic E-state index is 12.5. The highest BCUT2D eigenvalue weighted by Crippen LogP contribution is 2.16. The molecular formula is C22H22ClN3O3. The molecule has 0 atom stereocenters. The Bertz CT molecular complexity index is 956. The zero-order chi connectivity index (χ0) is 20.6. The van der Waals surface area contributed by atoms with E-state index < -0.39 is 0 Å². The third kappa shape index (κ3) is 6.20. The number of anilines is 1. The minimum Gasteiger partial charge on any atom is -0.467 e. The Labute approximate surface area is 174 Å². The molecule has 0 unspecified atom stereocenters. The van der Waals surface area contributed by atoms with Crippen LogP contribution in [0.15, 0.2) is 71.3 Å². The first-order valence-corrected chi connectivity index (χ1v) is 9.51. The smallest absolute Gasteiger partial charge is 0.253 e. The van der Waals surface area contributed by atoms with Crippen molar-refractivity contribution < 1.29 is 14.0 Å². The average Bonchev–Trinajstić information content (AvgIpc) is 3.22. The van der Waals surface area contributed by atoms with Gasteiger partial charge in [0.05, 0.1) is 30.6 Å². The number of halogens is 1. The molecule has 0 radical (unpaired) electrons. The summed E-state index contributed by atoms with van der Waals surface area (Å²) in [6, 6.07) is 17.9. The molecule has 0 spiro atoms. The lowest BCUT2D eigenvalue weighted by Crippen LogP contribution is -2.31. The highest BCUT2D eigenvalue weighted by molar-refractivity contribution is 6.30. The number of para-hydroxylation sites is 1. The van der Waals surface area contributed by atoms with Crippen LogP contribution in [-0.2, 0) is 17.9 Å². The fourth-order valence-electron chi connectivity index (χ4n) is 2.86. The quantitative estimate of drug-likeness (QED) is 0.589. The van der Waals surface area contributed by atoms with Gasteiger partial charge in [-0.05, 0) is 49.0 Å². The Hall–Kier alpha value is -3.09. The van der Waals surface area contributed by atoms with Crippen LogP contribution in [0.2, 0.25) is 5.02 Å². The number of benzene rings is 2. The minimum atomic E-state index is -0.285. The summed E-state index contributed by atoms with van der Waals surface area (Å²) >= 11 is 5.90. The number of carbonyl (C=O) groups excluding carboxylic acids is 2. The molecule has 0 bridgehead atoms. The molecule has 150 valence electrons. The number of nitrogens with one attached hydrogen (secondary N) is 2. The first kappa shape index (κ1) is 20.6. The van der Waals surface area contributed by atoms with E-state index in [2.05, 4.69) is 10.6 Å². The number of hydrogen-bond donors (Lipinski definition) is 2. The van der Waals surface area contributed by atoms with Crippen LogP contribution in [0.25, 0.3) is 0 Å². The van der Waals surface area contributed by atoms with E-state index in [-0.39, 0.29) is 24.9 Å². The zero-order valence-corrected chi connectivity index (χ0v) is 16.8. The van der Waals surface area contributed by atoms with Gasteiger partial charge >= 0.3 is 0 Å². The zero-order valence-electron chi connectivity index (χ0n) is 16.0. The summed E-state index contributed by atoms with van der Waals surface area (Å²) in [5.41, 5.74) is 1.92. The molecule has 6 nitrogen and oxygen atoms in total. The number of likely N-dealkylation sites (N-methyl/N-ethyl adjacent to an activating group) is 1. The Morgan fingerprint density at radius 1 is 1.03 bits per heavy atom. The van der Waals surface area contributed by atoms with Gasteiger partial charge in [0.15, 0.2) is 0 Å². The average molecular weight is 412 g/mol. The highest BCUT2D eigenvalue weighted by Gasteiger charge is 2.14. The fourth-order valence-corrected chi connectivity index (χ4v) is 2.98. The predicted octanol–water partition coefficient (Wildman–Crippen LogP) is 3.93. The van der Waals surface area contributed by atoms with Gasteiger partial charge in [-0.15, -0.1) is 0 Å². The molecule has 29 heavy (non-hydrogen) atoms. The predicted molar refractivity (Wildman–Crippen MR) is 113 cm³/mol. The highest BCUT2D eigenvalue weighted by atomic mass is 35.5. The summed E-state index contributed by atoms with van der Waals surface area (Å²) in [4.78, 5) is 26.9. The van der Waals surface area contributed by atoms with E-state index in [4.69, 9.17) is 16.0 Å². The van der Waals surface area contributed by atoms with Crippen molar-refractivity contribution in [2.45, 2.75) is 13.1 Å². The molecule has 1 heterocycles. The monoisotopic (exact) mass is 411 g/mol. The molecule has 1 aromatic heterocycles. The van der Waals surface area contributed by atoms with E-state index in [1.165, 1.54) is 0 Å². The maximum absolute atomic E-state index is 12.5. The van der Waals surface area contributed by atoms with Crippen LogP contribution in [0, 0.1) is 0 Å². The largest absolute Gasteiger partial charge is 0.467 e. The molecule has 0 saturated carbocycles. The van der Waals surface area contributed by atoms with Crippen LogP contribution in [0.1, 0.15) is 21.7 Å². The minimum absolute atomic E-state index is 0.185. The Kier molecular flexibility index (Phi) is 7.05. The van der Waals surface area contributed by atoms with Gasteiger partial charge < -0.3 is 15.1 Å². The maximum Gasteiger partial charge on any atom is 0.253 e. The number of rotatable bonds is 8. The summed E-state index contributed by atoms with van der Waals surface area (Å²) in [5, 5.41) is 6.29.